The fourth-order valence-electron chi connectivity index (χ4n) is 10.4. The normalized spacial score (nSPS) is 21.9. The van der Waals surface area contributed by atoms with Gasteiger partial charge >= 0.3 is 0 Å². The minimum absolute atomic E-state index is 0.00462. The van der Waals surface area contributed by atoms with Crippen molar-refractivity contribution in [2.24, 2.45) is 16.2 Å². The van der Waals surface area contributed by atoms with Gasteiger partial charge in [0.05, 0.1) is 80.6 Å². The molecule has 0 bridgehead atoms. The van der Waals surface area contributed by atoms with Gasteiger partial charge in [0.15, 0.2) is 0 Å². The highest BCUT2D eigenvalue weighted by Gasteiger charge is 2.64. The predicted octanol–water partition coefficient (Wildman–Crippen LogP) is 9.99. The van der Waals surface area contributed by atoms with Crippen LogP contribution in [0.15, 0.2) is 78.9 Å². The number of nitrogens with one attached hydrogen (secondary N) is 3. The monoisotopic (exact) mass is 1070 g/mol. The Morgan fingerprint density at radius 1 is 0.753 bits per heavy atom. The van der Waals surface area contributed by atoms with E-state index in [4.69, 9.17) is 63.2 Å². The number of carbonyl (C=O) groups is 2. The maximum atomic E-state index is 15.9. The van der Waals surface area contributed by atoms with Gasteiger partial charge in [0.1, 0.15) is 47.3 Å². The molecule has 4 aromatic rings. The quantitative estimate of drug-likeness (QED) is 0.0570. The van der Waals surface area contributed by atoms with E-state index < -0.39 is 51.8 Å². The summed E-state index contributed by atoms with van der Waals surface area (Å²) in [6.07, 6.45) is 0.137. The van der Waals surface area contributed by atoms with Crippen molar-refractivity contribution in [1.29, 1.82) is 10.5 Å². The number of amides is 2. The summed E-state index contributed by atoms with van der Waals surface area (Å²) in [5.74, 6) is -2.23. The molecule has 1 aliphatic carbocycles. The maximum Gasteiger partial charge on any atom is 0.251 e. The molecule has 6 rings (SSSR count). The van der Waals surface area contributed by atoms with Crippen LogP contribution in [0.5, 0.6) is 11.5 Å². The highest BCUT2D eigenvalue weighted by Crippen LogP contribution is 2.56. The van der Waals surface area contributed by atoms with Gasteiger partial charge in [-0.15, -0.1) is 0 Å². The Morgan fingerprint density at radius 2 is 1.36 bits per heavy atom. The fourth-order valence-corrected chi connectivity index (χ4v) is 11.0. The number of rotatable bonds is 24. The van der Waals surface area contributed by atoms with Gasteiger partial charge in [0.2, 0.25) is 5.91 Å². The summed E-state index contributed by atoms with van der Waals surface area (Å²) in [6, 6.07) is 22.7. The standard InChI is InChI=1S/C55H64Cl3F2N5O8/c1-52(2,3)31-44-55(33-62,40-18-14-36(56)29-43(40)59)45(39-9-8-10-41(57)46(39)60)47(64-44)49(67)63-19-20-68-21-22-69-23-24-70-25-26-71-27-28-72-37-15-11-34(12-16-37)48(66)65-50-53(4,5)51(54(50,6)7)73-38-17-13-35(32-61)42(58)30-38/h8-18,29-30,44-45,47,50-51,64H,19-28,31H2,1-7H3,(H,63,67)(H,65,66)/t44-,45-,47+,50?,51?,55-/m1/s1. The van der Waals surface area contributed by atoms with E-state index in [1.807, 2.05) is 20.8 Å². The lowest BCUT2D eigenvalue weighted by molar-refractivity contribution is -0.164. The van der Waals surface area contributed by atoms with Crippen LogP contribution in [0, 0.1) is 50.5 Å². The smallest absolute Gasteiger partial charge is 0.251 e. The van der Waals surface area contributed by atoms with Crippen molar-refractivity contribution in [3.63, 3.8) is 0 Å². The number of hydrogen-bond acceptors (Lipinski definition) is 11. The molecular weight excluding hydrogens is 1000 g/mol. The Hall–Kier alpha value is -5.07. The van der Waals surface area contributed by atoms with Gasteiger partial charge in [-0.1, -0.05) is 101 Å². The molecule has 1 aliphatic heterocycles. The Morgan fingerprint density at radius 3 is 1.93 bits per heavy atom. The molecule has 392 valence electrons. The largest absolute Gasteiger partial charge is 0.491 e. The van der Waals surface area contributed by atoms with Crippen LogP contribution in [0.3, 0.4) is 0 Å². The van der Waals surface area contributed by atoms with Crippen molar-refractivity contribution in [3.05, 3.63) is 128 Å². The number of carbonyl (C=O) groups excluding carboxylic acids is 2. The highest BCUT2D eigenvalue weighted by molar-refractivity contribution is 6.32. The first-order chi connectivity index (χ1) is 34.6. The van der Waals surface area contributed by atoms with E-state index in [0.717, 1.165) is 6.07 Å². The second-order valence-corrected chi connectivity index (χ2v) is 21.9. The molecule has 2 fully saturated rings. The van der Waals surface area contributed by atoms with Crippen LogP contribution in [0.25, 0.3) is 0 Å². The number of benzene rings is 4. The molecule has 4 atom stereocenters. The van der Waals surface area contributed by atoms with Gasteiger partial charge in [0, 0.05) is 57.6 Å². The SMILES string of the molecule is CC(C)(C)C[C@H]1N[C@H](C(=O)NCCOCCOCCOCCOCCOc2ccc(C(=O)NC3C(C)(C)C(Oc4ccc(C#N)c(Cl)c4)C3(C)C)cc2)[C@@H](c2cccc(Cl)c2F)[C@]1(C#N)c1ccc(Cl)cc1F. The summed E-state index contributed by atoms with van der Waals surface area (Å²) >= 11 is 18.6. The van der Waals surface area contributed by atoms with Crippen molar-refractivity contribution < 1.29 is 46.8 Å². The van der Waals surface area contributed by atoms with Crippen LogP contribution in [-0.2, 0) is 29.2 Å². The first kappa shape index (κ1) is 57.2. The van der Waals surface area contributed by atoms with Gasteiger partial charge < -0.3 is 44.4 Å². The van der Waals surface area contributed by atoms with Crippen molar-refractivity contribution in [1.82, 2.24) is 16.0 Å². The number of ether oxygens (including phenoxy) is 6. The van der Waals surface area contributed by atoms with Crippen molar-refractivity contribution in [3.8, 4) is 23.6 Å². The summed E-state index contributed by atoms with van der Waals surface area (Å²) in [5.41, 5.74) is -1.98. The molecule has 18 heteroatoms. The maximum absolute atomic E-state index is 15.9. The molecule has 1 saturated heterocycles. The Bertz CT molecular complexity index is 2620. The van der Waals surface area contributed by atoms with E-state index in [1.54, 1.807) is 48.5 Å². The molecule has 0 aromatic heterocycles. The zero-order valence-electron chi connectivity index (χ0n) is 42.2. The van der Waals surface area contributed by atoms with E-state index in [1.165, 1.54) is 24.3 Å². The van der Waals surface area contributed by atoms with E-state index in [0.29, 0.717) is 73.7 Å². The number of nitriles is 2. The molecule has 73 heavy (non-hydrogen) atoms. The van der Waals surface area contributed by atoms with Crippen LogP contribution in [-0.4, -0.2) is 102 Å². The van der Waals surface area contributed by atoms with Gasteiger partial charge in [-0.25, -0.2) is 8.78 Å². The second kappa shape index (κ2) is 25.0. The molecule has 1 heterocycles. The lowest BCUT2D eigenvalue weighted by Crippen LogP contribution is -2.74. The molecule has 3 N–H and O–H groups in total. The zero-order valence-corrected chi connectivity index (χ0v) is 44.5. The van der Waals surface area contributed by atoms with Crippen molar-refractivity contribution >= 4 is 46.6 Å². The fraction of sp³-hybridized carbons (Fsp3) is 0.491. The average Bonchev–Trinajstić information content (AvgIpc) is 3.65. The molecule has 0 radical (unpaired) electrons. The van der Waals surface area contributed by atoms with Crippen LogP contribution in [0.1, 0.15) is 87.9 Å². The molecule has 1 saturated carbocycles. The number of hydrogen-bond donors (Lipinski definition) is 3. The van der Waals surface area contributed by atoms with Crippen LogP contribution < -0.4 is 25.4 Å². The van der Waals surface area contributed by atoms with Crippen molar-refractivity contribution in [2.75, 3.05) is 66.0 Å². The second-order valence-electron chi connectivity index (χ2n) is 20.6. The Kier molecular flexibility index (Phi) is 19.6. The topological polar surface area (TPSA) is 173 Å². The van der Waals surface area contributed by atoms with Crippen molar-refractivity contribution in [2.45, 2.75) is 90.4 Å². The molecule has 2 aliphatic rings. The minimum atomic E-state index is -1.72. The lowest BCUT2D eigenvalue weighted by atomic mass is 9.49. The first-order valence-electron chi connectivity index (χ1n) is 24.2. The van der Waals surface area contributed by atoms with Gasteiger partial charge in [-0.3, -0.25) is 9.59 Å². The van der Waals surface area contributed by atoms with E-state index in [2.05, 4.69) is 55.8 Å². The average molecular weight is 1070 g/mol. The molecular formula is C55H64Cl3F2N5O8. The molecule has 13 nitrogen and oxygen atoms in total. The van der Waals surface area contributed by atoms with E-state index in [9.17, 15) is 20.1 Å². The summed E-state index contributed by atoms with van der Waals surface area (Å²) in [7, 11) is 0. The van der Waals surface area contributed by atoms with Crippen LogP contribution in [0.4, 0.5) is 8.78 Å². The summed E-state index contributed by atoms with van der Waals surface area (Å²) in [4.78, 5) is 27.3. The minimum Gasteiger partial charge on any atom is -0.491 e. The Labute approximate surface area is 442 Å². The van der Waals surface area contributed by atoms with Crippen LogP contribution >= 0.6 is 34.8 Å². The van der Waals surface area contributed by atoms with E-state index >= 15 is 8.78 Å². The van der Waals surface area contributed by atoms with Gasteiger partial charge in [-0.2, -0.15) is 10.5 Å². The first-order valence-corrected chi connectivity index (χ1v) is 25.3. The molecule has 2 amide bonds. The lowest BCUT2D eigenvalue weighted by Gasteiger charge is -2.63. The van der Waals surface area contributed by atoms with Crippen LogP contribution in [0.2, 0.25) is 15.1 Å². The summed E-state index contributed by atoms with van der Waals surface area (Å²) in [6.45, 7) is 16.9. The third-order valence-corrected chi connectivity index (χ3v) is 14.3. The highest BCUT2D eigenvalue weighted by atomic mass is 35.5. The summed E-state index contributed by atoms with van der Waals surface area (Å²) in [5, 5.41) is 29.8. The molecule has 0 unspecified atom stereocenters. The van der Waals surface area contributed by atoms with Gasteiger partial charge in [0.25, 0.3) is 5.91 Å². The summed E-state index contributed by atoms with van der Waals surface area (Å²) < 4.78 is 66.4. The zero-order chi connectivity index (χ0) is 53.1. The number of nitrogens with zero attached hydrogens (tertiary/aromatic N) is 2. The molecule has 0 spiro atoms. The third kappa shape index (κ3) is 13.6. The Balaban J connectivity index is 0.840. The predicted molar refractivity (Wildman–Crippen MR) is 275 cm³/mol. The number of halogens is 5. The van der Waals surface area contributed by atoms with E-state index in [-0.39, 0.29) is 71.0 Å². The third-order valence-electron chi connectivity index (χ3n) is 13.4. The molecule has 4 aromatic carbocycles. The van der Waals surface area contributed by atoms with Gasteiger partial charge in [-0.05, 0) is 72.0 Å².